The van der Waals surface area contributed by atoms with Gasteiger partial charge in [0, 0.05) is 12.1 Å². The van der Waals surface area contributed by atoms with Crippen molar-refractivity contribution < 1.29 is 4.79 Å². The van der Waals surface area contributed by atoms with E-state index in [2.05, 4.69) is 138 Å². The molecular weight excluding hydrogens is 440 g/mol. The van der Waals surface area contributed by atoms with E-state index in [0.717, 1.165) is 6.67 Å². The van der Waals surface area contributed by atoms with Crippen LogP contribution in [0.5, 0.6) is 0 Å². The second kappa shape index (κ2) is 8.26. The Kier molecular flexibility index (Phi) is 4.99. The van der Waals surface area contributed by atoms with Gasteiger partial charge in [0.05, 0.1) is 30.1 Å². The maximum Gasteiger partial charge on any atom is 0.149 e. The van der Waals surface area contributed by atoms with E-state index < -0.39 is 5.41 Å². The molecule has 4 aromatic carbocycles. The average molecular weight is 471 g/mol. The molecule has 0 amide bonds. The lowest BCUT2D eigenvalue weighted by Gasteiger charge is -2.70. The van der Waals surface area contributed by atoms with E-state index in [1.165, 1.54) is 22.3 Å². The smallest absolute Gasteiger partial charge is 0.149 e. The summed E-state index contributed by atoms with van der Waals surface area (Å²) in [6.45, 7) is 3.05. The number of hydrogen-bond donors (Lipinski definition) is 0. The molecule has 4 bridgehead atoms. The molecule has 8 rings (SSSR count). The van der Waals surface area contributed by atoms with Gasteiger partial charge in [-0.15, -0.1) is 0 Å². The van der Waals surface area contributed by atoms with E-state index in [4.69, 9.17) is 0 Å². The number of hydrogen-bond acceptors (Lipinski definition) is 3. The molecule has 0 N–H and O–H groups in total. The van der Waals surface area contributed by atoms with Crippen molar-refractivity contribution in [3.63, 3.8) is 0 Å². The molecule has 0 aromatic heterocycles. The third-order valence-electron chi connectivity index (χ3n) is 8.87. The van der Waals surface area contributed by atoms with Gasteiger partial charge in [0.15, 0.2) is 0 Å². The summed E-state index contributed by atoms with van der Waals surface area (Å²) in [5, 5.41) is 0. The Hall–Kier alpha value is -3.53. The molecular formula is C33H30N2O. The molecule has 0 spiro atoms. The summed E-state index contributed by atoms with van der Waals surface area (Å²) in [6, 6.07) is 42.9. The van der Waals surface area contributed by atoms with Crippen LogP contribution in [0.2, 0.25) is 0 Å². The molecule has 0 saturated carbocycles. The standard InChI is InChI=1S/C33H30N2O/c1-33-30(25-18-10-4-11-19-25)34-22-35(31(33)26-20-12-5-13-21-26)29(24-16-8-3-9-17-24)27(32(33)36)28(34)23-14-6-2-7-15-23/h2-21,27-31H,22H2,1H3. The van der Waals surface area contributed by atoms with Crippen molar-refractivity contribution in [2.24, 2.45) is 11.3 Å². The quantitative estimate of drug-likeness (QED) is 0.330. The zero-order valence-corrected chi connectivity index (χ0v) is 20.4. The normalized spacial score (nSPS) is 34.6. The Balaban J connectivity index is 1.49. The maximum atomic E-state index is 15.0. The van der Waals surface area contributed by atoms with Crippen molar-refractivity contribution in [1.82, 2.24) is 9.80 Å². The summed E-state index contributed by atoms with van der Waals surface area (Å²) in [5.41, 5.74) is 4.36. The topological polar surface area (TPSA) is 23.6 Å². The van der Waals surface area contributed by atoms with Gasteiger partial charge in [0.2, 0.25) is 0 Å². The fourth-order valence-corrected chi connectivity index (χ4v) is 7.63. The molecule has 4 saturated heterocycles. The zero-order chi connectivity index (χ0) is 24.3. The molecule has 0 radical (unpaired) electrons. The highest BCUT2D eigenvalue weighted by molar-refractivity contribution is 5.92. The van der Waals surface area contributed by atoms with Crippen LogP contribution in [0.3, 0.4) is 0 Å². The minimum atomic E-state index is -0.567. The number of carbonyl (C=O) groups is 1. The maximum absolute atomic E-state index is 15.0. The third-order valence-corrected chi connectivity index (χ3v) is 8.87. The summed E-state index contributed by atoms with van der Waals surface area (Å²) < 4.78 is 0. The van der Waals surface area contributed by atoms with Crippen LogP contribution in [0.1, 0.15) is 53.3 Å². The van der Waals surface area contributed by atoms with Gasteiger partial charge in [-0.05, 0) is 29.2 Å². The highest BCUT2D eigenvalue weighted by Gasteiger charge is 2.70. The summed E-state index contributed by atoms with van der Waals surface area (Å²) in [7, 11) is 0. The van der Waals surface area contributed by atoms with E-state index in [1.54, 1.807) is 0 Å². The number of piperidine rings is 2. The van der Waals surface area contributed by atoms with Gasteiger partial charge in [-0.25, -0.2) is 0 Å². The molecule has 4 heterocycles. The van der Waals surface area contributed by atoms with Crippen molar-refractivity contribution in [1.29, 1.82) is 0 Å². The first kappa shape index (κ1) is 21.7. The number of benzene rings is 4. The number of nitrogens with zero attached hydrogens (tertiary/aromatic N) is 2. The van der Waals surface area contributed by atoms with E-state index in [0.29, 0.717) is 5.78 Å². The molecule has 3 heteroatoms. The molecule has 6 unspecified atom stereocenters. The molecule has 36 heavy (non-hydrogen) atoms. The van der Waals surface area contributed by atoms with Crippen molar-refractivity contribution >= 4 is 5.78 Å². The van der Waals surface area contributed by atoms with Gasteiger partial charge >= 0.3 is 0 Å². The monoisotopic (exact) mass is 470 g/mol. The SMILES string of the molecule is CC12C(=O)C3C(c4ccccc4)N(CN(C3c3ccccc3)C1c1ccccc1)C2c1ccccc1. The van der Waals surface area contributed by atoms with E-state index >= 15 is 0 Å². The van der Waals surface area contributed by atoms with Gasteiger partial charge < -0.3 is 0 Å². The average Bonchev–Trinajstić information content (AvgIpc) is 2.93. The zero-order valence-electron chi connectivity index (χ0n) is 20.4. The van der Waals surface area contributed by atoms with Gasteiger partial charge in [-0.2, -0.15) is 0 Å². The van der Waals surface area contributed by atoms with E-state index in [-0.39, 0.29) is 30.1 Å². The Bertz CT molecular complexity index is 1280. The van der Waals surface area contributed by atoms with Crippen LogP contribution in [0.15, 0.2) is 121 Å². The molecule has 178 valence electrons. The Morgan fingerprint density at radius 2 is 0.889 bits per heavy atom. The van der Waals surface area contributed by atoms with Crippen LogP contribution in [0, 0.1) is 11.3 Å². The third kappa shape index (κ3) is 2.97. The second-order valence-electron chi connectivity index (χ2n) is 10.7. The molecule has 3 nitrogen and oxygen atoms in total. The number of ketones is 1. The minimum Gasteiger partial charge on any atom is -0.298 e. The summed E-state index contributed by atoms with van der Waals surface area (Å²) >= 11 is 0. The van der Waals surface area contributed by atoms with Crippen molar-refractivity contribution in [2.75, 3.05) is 6.67 Å². The first-order chi connectivity index (χ1) is 17.7. The number of rotatable bonds is 4. The lowest BCUT2D eigenvalue weighted by atomic mass is 9.53. The lowest BCUT2D eigenvalue weighted by Crippen LogP contribution is -2.73. The molecule has 4 aliphatic rings. The van der Waals surface area contributed by atoms with Crippen molar-refractivity contribution in [3.8, 4) is 0 Å². The Labute approximate surface area is 213 Å². The molecule has 4 aromatic rings. The second-order valence-corrected chi connectivity index (χ2v) is 10.7. The molecule has 4 aliphatic heterocycles. The number of carbonyl (C=O) groups excluding carboxylic acids is 1. The first-order valence-corrected chi connectivity index (χ1v) is 12.9. The van der Waals surface area contributed by atoms with Gasteiger partial charge in [-0.3, -0.25) is 14.6 Å². The lowest BCUT2D eigenvalue weighted by molar-refractivity contribution is -0.234. The highest BCUT2D eigenvalue weighted by atomic mass is 16.1. The van der Waals surface area contributed by atoms with Crippen LogP contribution in [-0.2, 0) is 4.79 Å². The highest BCUT2D eigenvalue weighted by Crippen LogP contribution is 2.69. The van der Waals surface area contributed by atoms with Crippen LogP contribution < -0.4 is 0 Å². The molecule has 4 fully saturated rings. The van der Waals surface area contributed by atoms with E-state index in [1.807, 2.05) is 0 Å². The molecule has 0 aliphatic carbocycles. The summed E-state index contributed by atoms with van der Waals surface area (Å²) in [6.07, 6.45) is 0. The fourth-order valence-electron chi connectivity index (χ4n) is 7.63. The van der Waals surface area contributed by atoms with Crippen molar-refractivity contribution in [2.45, 2.75) is 31.1 Å². The Morgan fingerprint density at radius 1 is 0.556 bits per heavy atom. The first-order valence-electron chi connectivity index (χ1n) is 12.9. The van der Waals surface area contributed by atoms with Gasteiger partial charge in [-0.1, -0.05) is 121 Å². The largest absolute Gasteiger partial charge is 0.298 e. The minimum absolute atomic E-state index is 0.00540. The predicted octanol–water partition coefficient (Wildman–Crippen LogP) is 6.75. The number of Topliss-reactive ketones (excluding diaryl/α,β-unsaturated/α-hetero) is 1. The van der Waals surface area contributed by atoms with E-state index in [9.17, 15) is 4.79 Å². The Morgan fingerprint density at radius 3 is 1.25 bits per heavy atom. The fraction of sp³-hybridized carbons (Fsp3) is 0.242. The summed E-state index contributed by atoms with van der Waals surface area (Å²) in [4.78, 5) is 20.2. The predicted molar refractivity (Wildman–Crippen MR) is 142 cm³/mol. The van der Waals surface area contributed by atoms with Gasteiger partial charge in [0.25, 0.3) is 0 Å². The van der Waals surface area contributed by atoms with Crippen LogP contribution >= 0.6 is 0 Å². The van der Waals surface area contributed by atoms with Crippen LogP contribution in [0.4, 0.5) is 0 Å². The van der Waals surface area contributed by atoms with Crippen LogP contribution in [-0.4, -0.2) is 22.3 Å². The summed E-state index contributed by atoms with van der Waals surface area (Å²) in [5.74, 6) is 0.258. The van der Waals surface area contributed by atoms with Gasteiger partial charge in [0.1, 0.15) is 5.78 Å². The van der Waals surface area contributed by atoms with Crippen LogP contribution in [0.25, 0.3) is 0 Å². The van der Waals surface area contributed by atoms with Crippen molar-refractivity contribution in [3.05, 3.63) is 144 Å². The molecule has 6 atom stereocenters.